The molecule has 0 spiro atoms. The van der Waals surface area contributed by atoms with Crippen LogP contribution >= 0.6 is 0 Å². The maximum atomic E-state index is 12.9. The van der Waals surface area contributed by atoms with Crippen molar-refractivity contribution in [1.29, 1.82) is 0 Å². The molecular formula is C24H22N2O6. The molecule has 0 aromatic heterocycles. The average Bonchev–Trinajstić information content (AvgIpc) is 3.27. The molecule has 2 N–H and O–H groups in total. The Morgan fingerprint density at radius 1 is 0.844 bits per heavy atom. The van der Waals surface area contributed by atoms with Crippen LogP contribution in [0.25, 0.3) is 0 Å². The molecule has 3 aromatic rings. The number of para-hydroxylation sites is 1. The van der Waals surface area contributed by atoms with Crippen molar-refractivity contribution >= 4 is 23.2 Å². The zero-order chi connectivity index (χ0) is 22.7. The van der Waals surface area contributed by atoms with Crippen LogP contribution in [-0.4, -0.2) is 32.8 Å². The van der Waals surface area contributed by atoms with Gasteiger partial charge in [0.1, 0.15) is 11.5 Å². The Hall–Kier alpha value is -4.20. The van der Waals surface area contributed by atoms with Gasteiger partial charge in [-0.05, 0) is 43.3 Å². The van der Waals surface area contributed by atoms with Crippen LogP contribution in [-0.2, 0) is 0 Å². The van der Waals surface area contributed by atoms with Crippen LogP contribution in [0.2, 0.25) is 0 Å². The summed E-state index contributed by atoms with van der Waals surface area (Å²) in [7, 11) is 3.05. The number of anilines is 2. The molecule has 4 rings (SSSR count). The molecule has 0 bridgehead atoms. The molecule has 0 unspecified atom stereocenters. The fourth-order valence-corrected chi connectivity index (χ4v) is 3.37. The number of carbonyl (C=O) groups is 2. The van der Waals surface area contributed by atoms with E-state index in [1.807, 2.05) is 6.92 Å². The molecule has 0 radical (unpaired) electrons. The summed E-state index contributed by atoms with van der Waals surface area (Å²) in [6.07, 6.45) is 0. The van der Waals surface area contributed by atoms with Gasteiger partial charge in [0.25, 0.3) is 11.8 Å². The molecule has 0 aliphatic carbocycles. The van der Waals surface area contributed by atoms with Crippen LogP contribution < -0.4 is 29.6 Å². The van der Waals surface area contributed by atoms with E-state index < -0.39 is 5.91 Å². The normalized spacial score (nSPS) is 11.6. The summed E-state index contributed by atoms with van der Waals surface area (Å²) in [5, 5.41) is 5.62. The summed E-state index contributed by atoms with van der Waals surface area (Å²) in [4.78, 5) is 25.9. The lowest BCUT2D eigenvalue weighted by atomic mass is 10.1. The molecule has 0 saturated carbocycles. The molecule has 1 aliphatic heterocycles. The van der Waals surface area contributed by atoms with Crippen molar-refractivity contribution in [2.45, 2.75) is 6.92 Å². The molecular weight excluding hydrogens is 412 g/mol. The minimum atomic E-state index is -0.398. The molecule has 3 aromatic carbocycles. The summed E-state index contributed by atoms with van der Waals surface area (Å²) in [5.41, 5.74) is 2.36. The second-order valence-electron chi connectivity index (χ2n) is 7.03. The van der Waals surface area contributed by atoms with Crippen LogP contribution in [0.1, 0.15) is 26.3 Å². The van der Waals surface area contributed by atoms with Gasteiger partial charge >= 0.3 is 0 Å². The lowest BCUT2D eigenvalue weighted by Gasteiger charge is -2.14. The van der Waals surface area contributed by atoms with Gasteiger partial charge in [-0.3, -0.25) is 9.59 Å². The first-order valence-corrected chi connectivity index (χ1v) is 9.84. The van der Waals surface area contributed by atoms with Crippen LogP contribution in [0.5, 0.6) is 23.0 Å². The first-order valence-electron chi connectivity index (χ1n) is 9.84. The number of hydrogen-bond acceptors (Lipinski definition) is 6. The Morgan fingerprint density at radius 3 is 2.25 bits per heavy atom. The number of benzene rings is 3. The molecule has 2 amide bonds. The van der Waals surface area contributed by atoms with E-state index in [2.05, 4.69) is 10.6 Å². The number of rotatable bonds is 6. The van der Waals surface area contributed by atoms with Crippen molar-refractivity contribution in [2.24, 2.45) is 0 Å². The molecule has 32 heavy (non-hydrogen) atoms. The SMILES string of the molecule is COc1cc(C(=O)Nc2ccccc2C(=O)Nc2ccc3c(c2)OCO3)cc(OC)c1C. The number of methoxy groups -OCH3 is 2. The lowest BCUT2D eigenvalue weighted by Crippen LogP contribution is -2.18. The number of amides is 2. The fourth-order valence-electron chi connectivity index (χ4n) is 3.37. The first-order chi connectivity index (χ1) is 15.5. The van der Waals surface area contributed by atoms with Gasteiger partial charge in [0.2, 0.25) is 6.79 Å². The van der Waals surface area contributed by atoms with E-state index >= 15 is 0 Å². The van der Waals surface area contributed by atoms with E-state index in [9.17, 15) is 9.59 Å². The third-order valence-corrected chi connectivity index (χ3v) is 5.06. The van der Waals surface area contributed by atoms with Crippen LogP contribution in [0, 0.1) is 6.92 Å². The van der Waals surface area contributed by atoms with Crippen molar-refractivity contribution < 1.29 is 28.5 Å². The summed E-state index contributed by atoms with van der Waals surface area (Å²) >= 11 is 0. The summed E-state index contributed by atoms with van der Waals surface area (Å²) in [6, 6.07) is 15.1. The molecule has 0 fully saturated rings. The van der Waals surface area contributed by atoms with Gasteiger partial charge in [-0.2, -0.15) is 0 Å². The smallest absolute Gasteiger partial charge is 0.257 e. The van der Waals surface area contributed by atoms with Crippen molar-refractivity contribution in [2.75, 3.05) is 31.6 Å². The van der Waals surface area contributed by atoms with Crippen molar-refractivity contribution in [3.8, 4) is 23.0 Å². The van der Waals surface area contributed by atoms with E-state index in [1.165, 1.54) is 14.2 Å². The second-order valence-corrected chi connectivity index (χ2v) is 7.03. The molecule has 164 valence electrons. The molecule has 0 atom stereocenters. The van der Waals surface area contributed by atoms with Crippen molar-refractivity contribution in [1.82, 2.24) is 0 Å². The van der Waals surface area contributed by atoms with Crippen molar-refractivity contribution in [3.63, 3.8) is 0 Å². The van der Waals surface area contributed by atoms with Gasteiger partial charge in [-0.15, -0.1) is 0 Å². The van der Waals surface area contributed by atoms with Gasteiger partial charge in [-0.1, -0.05) is 12.1 Å². The summed E-state index contributed by atoms with van der Waals surface area (Å²) in [5.74, 6) is 1.47. The maximum Gasteiger partial charge on any atom is 0.257 e. The molecule has 0 saturated heterocycles. The van der Waals surface area contributed by atoms with Gasteiger partial charge in [0.05, 0.1) is 25.5 Å². The summed E-state index contributed by atoms with van der Waals surface area (Å²) in [6.45, 7) is 1.99. The van der Waals surface area contributed by atoms with E-state index in [1.54, 1.807) is 54.6 Å². The largest absolute Gasteiger partial charge is 0.496 e. The van der Waals surface area contributed by atoms with Crippen LogP contribution in [0.3, 0.4) is 0 Å². The number of hydrogen-bond donors (Lipinski definition) is 2. The van der Waals surface area contributed by atoms with Gasteiger partial charge < -0.3 is 29.6 Å². The van der Waals surface area contributed by atoms with Gasteiger partial charge in [0.15, 0.2) is 11.5 Å². The first kappa shape index (κ1) is 21.0. The van der Waals surface area contributed by atoms with E-state index in [0.717, 1.165) is 5.56 Å². The highest BCUT2D eigenvalue weighted by atomic mass is 16.7. The number of ether oxygens (including phenoxy) is 4. The molecule has 8 nitrogen and oxygen atoms in total. The number of carbonyl (C=O) groups excluding carboxylic acids is 2. The van der Waals surface area contributed by atoms with Gasteiger partial charge in [0, 0.05) is 22.9 Å². The molecule has 1 heterocycles. The highest BCUT2D eigenvalue weighted by Gasteiger charge is 2.19. The quantitative estimate of drug-likeness (QED) is 0.602. The zero-order valence-electron chi connectivity index (χ0n) is 17.9. The van der Waals surface area contributed by atoms with E-state index in [0.29, 0.717) is 45.5 Å². The Labute approximate surface area is 185 Å². The monoisotopic (exact) mass is 434 g/mol. The summed E-state index contributed by atoms with van der Waals surface area (Å²) < 4.78 is 21.3. The Balaban J connectivity index is 1.56. The lowest BCUT2D eigenvalue weighted by molar-refractivity contribution is 0.102. The Bertz CT molecular complexity index is 1170. The highest BCUT2D eigenvalue weighted by molar-refractivity contribution is 6.12. The molecule has 8 heteroatoms. The fraction of sp³-hybridized carbons (Fsp3) is 0.167. The minimum absolute atomic E-state index is 0.149. The van der Waals surface area contributed by atoms with E-state index in [4.69, 9.17) is 18.9 Å². The predicted molar refractivity (Wildman–Crippen MR) is 119 cm³/mol. The number of fused-ring (bicyclic) bond motifs is 1. The predicted octanol–water partition coefficient (Wildman–Crippen LogP) is 4.25. The standard InChI is InChI=1S/C24H22N2O6/c1-14-20(29-2)10-15(11-21(14)30-3)23(27)26-18-7-5-4-6-17(18)24(28)25-16-8-9-19-22(12-16)32-13-31-19/h4-12H,13H2,1-3H3,(H,25,28)(H,26,27). The van der Waals surface area contributed by atoms with Crippen LogP contribution in [0.15, 0.2) is 54.6 Å². The Kier molecular flexibility index (Phi) is 5.85. The topological polar surface area (TPSA) is 95.1 Å². The van der Waals surface area contributed by atoms with E-state index in [-0.39, 0.29) is 12.7 Å². The highest BCUT2D eigenvalue weighted by Crippen LogP contribution is 2.34. The van der Waals surface area contributed by atoms with Crippen molar-refractivity contribution in [3.05, 3.63) is 71.3 Å². The number of nitrogens with one attached hydrogen (secondary N) is 2. The maximum absolute atomic E-state index is 12.9. The Morgan fingerprint density at radius 2 is 1.53 bits per heavy atom. The molecule has 1 aliphatic rings. The van der Waals surface area contributed by atoms with Crippen LogP contribution in [0.4, 0.5) is 11.4 Å². The third kappa shape index (κ3) is 4.15. The third-order valence-electron chi connectivity index (χ3n) is 5.06. The average molecular weight is 434 g/mol. The zero-order valence-corrected chi connectivity index (χ0v) is 17.9. The minimum Gasteiger partial charge on any atom is -0.496 e. The second kappa shape index (κ2) is 8.89. The van der Waals surface area contributed by atoms with Gasteiger partial charge in [-0.25, -0.2) is 0 Å².